The number of hydrogen-bond acceptors (Lipinski definition) is 2. The first kappa shape index (κ1) is 11.9. The third-order valence-electron chi connectivity index (χ3n) is 4.22. The van der Waals surface area contributed by atoms with Crippen LogP contribution in [0.5, 0.6) is 0 Å². The average Bonchev–Trinajstić information content (AvgIpc) is 2.25. The van der Waals surface area contributed by atoms with Gasteiger partial charge in [0.25, 0.3) is 5.91 Å². The highest BCUT2D eigenvalue weighted by molar-refractivity contribution is 5.85. The van der Waals surface area contributed by atoms with E-state index in [-0.39, 0.29) is 5.91 Å². The highest BCUT2D eigenvalue weighted by Gasteiger charge is 2.44. The molecule has 0 spiro atoms. The smallest absolute Gasteiger partial charge is 0.254 e. The maximum Gasteiger partial charge on any atom is 0.254 e. The standard InChI is InChI=1S/C13H23NO2/c1-10(2)11-4-7-14(8-5-11)12(15)13(3)6-9-16-13/h10-11H,4-9H2,1-3H3. The van der Waals surface area contributed by atoms with Gasteiger partial charge in [0.05, 0.1) is 6.61 Å². The van der Waals surface area contributed by atoms with E-state index in [9.17, 15) is 4.79 Å². The van der Waals surface area contributed by atoms with Crippen LogP contribution in [0.2, 0.25) is 0 Å². The first-order chi connectivity index (χ1) is 7.53. The molecular weight excluding hydrogens is 202 g/mol. The monoisotopic (exact) mass is 225 g/mol. The summed E-state index contributed by atoms with van der Waals surface area (Å²) in [5.74, 6) is 1.74. The lowest BCUT2D eigenvalue weighted by atomic mass is 9.85. The zero-order valence-electron chi connectivity index (χ0n) is 10.7. The summed E-state index contributed by atoms with van der Waals surface area (Å²) in [5, 5.41) is 0. The lowest BCUT2D eigenvalue weighted by Gasteiger charge is -2.43. The number of carbonyl (C=O) groups is 1. The molecule has 92 valence electrons. The molecule has 2 aliphatic heterocycles. The fourth-order valence-corrected chi connectivity index (χ4v) is 2.68. The highest BCUT2D eigenvalue weighted by Crippen LogP contribution is 2.31. The number of likely N-dealkylation sites (tertiary alicyclic amines) is 1. The number of piperidine rings is 1. The van der Waals surface area contributed by atoms with Crippen LogP contribution in [0.1, 0.15) is 40.0 Å². The molecule has 2 aliphatic rings. The maximum absolute atomic E-state index is 12.2. The SMILES string of the molecule is CC(C)C1CCN(C(=O)C2(C)CCO2)CC1. The van der Waals surface area contributed by atoms with Crippen molar-refractivity contribution in [3.8, 4) is 0 Å². The van der Waals surface area contributed by atoms with Gasteiger partial charge in [-0.05, 0) is 31.6 Å². The predicted molar refractivity (Wildman–Crippen MR) is 63.1 cm³/mol. The summed E-state index contributed by atoms with van der Waals surface area (Å²) in [6, 6.07) is 0. The molecule has 1 amide bonds. The van der Waals surface area contributed by atoms with Crippen molar-refractivity contribution in [2.45, 2.75) is 45.6 Å². The molecule has 0 aromatic rings. The third-order valence-corrected chi connectivity index (χ3v) is 4.22. The largest absolute Gasteiger partial charge is 0.365 e. The molecule has 0 radical (unpaired) electrons. The summed E-state index contributed by atoms with van der Waals surface area (Å²) < 4.78 is 5.42. The second-order valence-electron chi connectivity index (χ2n) is 5.70. The van der Waals surface area contributed by atoms with Gasteiger partial charge in [0.1, 0.15) is 5.60 Å². The van der Waals surface area contributed by atoms with Gasteiger partial charge in [0, 0.05) is 19.5 Å². The summed E-state index contributed by atoms with van der Waals surface area (Å²) in [7, 11) is 0. The van der Waals surface area contributed by atoms with Gasteiger partial charge in [0.2, 0.25) is 0 Å². The second kappa shape index (κ2) is 4.36. The van der Waals surface area contributed by atoms with Crippen LogP contribution < -0.4 is 0 Å². The quantitative estimate of drug-likeness (QED) is 0.720. The normalized spacial score (nSPS) is 31.6. The number of nitrogens with zero attached hydrogens (tertiary/aromatic N) is 1. The second-order valence-corrected chi connectivity index (χ2v) is 5.70. The van der Waals surface area contributed by atoms with Crippen molar-refractivity contribution in [2.24, 2.45) is 11.8 Å². The van der Waals surface area contributed by atoms with E-state index in [4.69, 9.17) is 4.74 Å². The van der Waals surface area contributed by atoms with E-state index in [0.717, 1.165) is 50.8 Å². The third kappa shape index (κ3) is 2.10. The lowest BCUT2D eigenvalue weighted by molar-refractivity contribution is -0.183. The van der Waals surface area contributed by atoms with E-state index >= 15 is 0 Å². The van der Waals surface area contributed by atoms with Gasteiger partial charge in [-0.15, -0.1) is 0 Å². The Balaban J connectivity index is 1.87. The van der Waals surface area contributed by atoms with Crippen molar-refractivity contribution < 1.29 is 9.53 Å². The number of carbonyl (C=O) groups excluding carboxylic acids is 1. The first-order valence-electron chi connectivity index (χ1n) is 6.46. The Morgan fingerprint density at radius 2 is 1.94 bits per heavy atom. The lowest BCUT2D eigenvalue weighted by Crippen LogP contribution is -2.56. The molecule has 1 unspecified atom stereocenters. The minimum atomic E-state index is -0.495. The van der Waals surface area contributed by atoms with E-state index in [1.165, 1.54) is 0 Å². The topological polar surface area (TPSA) is 29.5 Å². The number of hydrogen-bond donors (Lipinski definition) is 0. The van der Waals surface area contributed by atoms with E-state index < -0.39 is 5.60 Å². The zero-order chi connectivity index (χ0) is 11.8. The number of ether oxygens (including phenoxy) is 1. The summed E-state index contributed by atoms with van der Waals surface area (Å²) in [5.41, 5.74) is -0.495. The van der Waals surface area contributed by atoms with Crippen LogP contribution in [0.3, 0.4) is 0 Å². The average molecular weight is 225 g/mol. The minimum Gasteiger partial charge on any atom is -0.365 e. The Hall–Kier alpha value is -0.570. The number of amides is 1. The fourth-order valence-electron chi connectivity index (χ4n) is 2.68. The maximum atomic E-state index is 12.2. The van der Waals surface area contributed by atoms with Gasteiger partial charge < -0.3 is 9.64 Å². The Morgan fingerprint density at radius 3 is 2.31 bits per heavy atom. The highest BCUT2D eigenvalue weighted by atomic mass is 16.5. The summed E-state index contributed by atoms with van der Waals surface area (Å²) in [4.78, 5) is 14.2. The molecule has 0 bridgehead atoms. The molecule has 3 nitrogen and oxygen atoms in total. The van der Waals surface area contributed by atoms with Crippen molar-refractivity contribution >= 4 is 5.91 Å². The Labute approximate surface area is 98.1 Å². The van der Waals surface area contributed by atoms with Crippen molar-refractivity contribution in [1.82, 2.24) is 4.90 Å². The zero-order valence-corrected chi connectivity index (χ0v) is 10.7. The predicted octanol–water partition coefficient (Wildman–Crippen LogP) is 2.06. The van der Waals surface area contributed by atoms with Gasteiger partial charge in [-0.2, -0.15) is 0 Å². The van der Waals surface area contributed by atoms with E-state index in [2.05, 4.69) is 13.8 Å². The van der Waals surface area contributed by atoms with Gasteiger partial charge in [-0.1, -0.05) is 13.8 Å². The fraction of sp³-hybridized carbons (Fsp3) is 0.923. The van der Waals surface area contributed by atoms with E-state index in [1.54, 1.807) is 0 Å². The molecule has 0 aliphatic carbocycles. The Kier molecular flexibility index (Phi) is 3.24. The van der Waals surface area contributed by atoms with Crippen LogP contribution in [-0.2, 0) is 9.53 Å². The molecule has 0 aromatic heterocycles. The molecule has 3 heteroatoms. The van der Waals surface area contributed by atoms with Crippen LogP contribution in [0.4, 0.5) is 0 Å². The molecule has 2 fully saturated rings. The van der Waals surface area contributed by atoms with Crippen molar-refractivity contribution in [2.75, 3.05) is 19.7 Å². The van der Waals surface area contributed by atoms with E-state index in [1.807, 2.05) is 11.8 Å². The molecule has 2 heterocycles. The van der Waals surface area contributed by atoms with Crippen molar-refractivity contribution in [3.63, 3.8) is 0 Å². The molecule has 0 aromatic carbocycles. The minimum absolute atomic E-state index is 0.209. The molecular formula is C13H23NO2. The first-order valence-corrected chi connectivity index (χ1v) is 6.46. The number of rotatable bonds is 2. The molecule has 2 rings (SSSR count). The Morgan fingerprint density at radius 1 is 1.38 bits per heavy atom. The van der Waals surface area contributed by atoms with Crippen LogP contribution in [0.15, 0.2) is 0 Å². The van der Waals surface area contributed by atoms with Crippen LogP contribution in [-0.4, -0.2) is 36.1 Å². The van der Waals surface area contributed by atoms with Gasteiger partial charge in [0.15, 0.2) is 0 Å². The molecule has 0 saturated carbocycles. The van der Waals surface area contributed by atoms with E-state index in [0.29, 0.717) is 0 Å². The molecule has 16 heavy (non-hydrogen) atoms. The van der Waals surface area contributed by atoms with Crippen LogP contribution >= 0.6 is 0 Å². The van der Waals surface area contributed by atoms with Gasteiger partial charge >= 0.3 is 0 Å². The Bertz CT molecular complexity index is 263. The van der Waals surface area contributed by atoms with Crippen molar-refractivity contribution in [1.29, 1.82) is 0 Å². The summed E-state index contributed by atoms with van der Waals surface area (Å²) >= 11 is 0. The summed E-state index contributed by atoms with van der Waals surface area (Å²) in [6.07, 6.45) is 3.19. The van der Waals surface area contributed by atoms with Crippen molar-refractivity contribution in [3.05, 3.63) is 0 Å². The van der Waals surface area contributed by atoms with Crippen LogP contribution in [0, 0.1) is 11.8 Å². The molecule has 0 N–H and O–H groups in total. The molecule has 2 saturated heterocycles. The van der Waals surface area contributed by atoms with Crippen LogP contribution in [0.25, 0.3) is 0 Å². The summed E-state index contributed by atoms with van der Waals surface area (Å²) in [6.45, 7) is 9.05. The molecule has 1 atom stereocenters. The van der Waals surface area contributed by atoms with Gasteiger partial charge in [-0.25, -0.2) is 0 Å². The van der Waals surface area contributed by atoms with Gasteiger partial charge in [-0.3, -0.25) is 4.79 Å².